The number of nitrogens with two attached hydrogens (primary N) is 1. The Balaban J connectivity index is 2.47. The lowest BCUT2D eigenvalue weighted by molar-refractivity contribution is 0.576. The Morgan fingerprint density at radius 2 is 2.08 bits per heavy atom. The van der Waals surface area contributed by atoms with Crippen LogP contribution in [0.3, 0.4) is 0 Å². The molecule has 0 aliphatic heterocycles. The molecular weight excluding hydrogens is 205 g/mol. The van der Waals surface area contributed by atoms with E-state index in [-0.39, 0.29) is 6.04 Å². The van der Waals surface area contributed by atoms with Gasteiger partial charge in [0.15, 0.2) is 0 Å². The predicted octanol–water partition coefficient (Wildman–Crippen LogP) is 2.81. The third kappa shape index (κ3) is 1.69. The highest BCUT2D eigenvalue weighted by atomic mass is 35.5. The minimum atomic E-state index is 0.282. The number of benzene rings is 1. The van der Waals surface area contributed by atoms with E-state index in [1.165, 1.54) is 11.1 Å². The lowest BCUT2D eigenvalue weighted by Gasteiger charge is -2.22. The zero-order valence-electron chi connectivity index (χ0n) is 7.19. The fourth-order valence-corrected chi connectivity index (χ4v) is 2.26. The Kier molecular flexibility index (Phi) is 2.50. The number of halogens is 2. The molecule has 1 aliphatic rings. The molecule has 70 valence electrons. The van der Waals surface area contributed by atoms with Gasteiger partial charge in [0.1, 0.15) is 0 Å². The van der Waals surface area contributed by atoms with Crippen molar-refractivity contribution in [2.75, 3.05) is 0 Å². The molecule has 0 saturated heterocycles. The Morgan fingerprint density at radius 1 is 1.31 bits per heavy atom. The van der Waals surface area contributed by atoms with Crippen LogP contribution in [0.4, 0.5) is 0 Å². The second-order valence-electron chi connectivity index (χ2n) is 3.50. The average Bonchev–Trinajstić information content (AvgIpc) is 2.12. The van der Waals surface area contributed by atoms with Crippen molar-refractivity contribution in [1.82, 2.24) is 0 Å². The quantitative estimate of drug-likeness (QED) is 0.708. The molecule has 0 fully saturated rings. The molecule has 0 spiro atoms. The van der Waals surface area contributed by atoms with E-state index < -0.39 is 0 Å². The largest absolute Gasteiger partial charge is 0.327 e. The van der Waals surface area contributed by atoms with Gasteiger partial charge < -0.3 is 5.73 Å². The minimum absolute atomic E-state index is 0.282. The van der Waals surface area contributed by atoms with Crippen LogP contribution in [0.15, 0.2) is 12.1 Å². The van der Waals surface area contributed by atoms with Gasteiger partial charge in [0, 0.05) is 6.04 Å². The molecule has 0 amide bonds. The summed E-state index contributed by atoms with van der Waals surface area (Å²) in [5, 5.41) is 1.36. The first-order valence-electron chi connectivity index (χ1n) is 4.40. The van der Waals surface area contributed by atoms with Gasteiger partial charge in [0.05, 0.1) is 10.0 Å². The van der Waals surface area contributed by atoms with Crippen molar-refractivity contribution in [3.63, 3.8) is 0 Å². The van der Waals surface area contributed by atoms with Crippen LogP contribution < -0.4 is 5.73 Å². The summed E-state index contributed by atoms with van der Waals surface area (Å²) in [6.07, 6.45) is 2.88. The molecule has 2 rings (SSSR count). The molecule has 0 aromatic heterocycles. The molecule has 0 heterocycles. The van der Waals surface area contributed by atoms with Gasteiger partial charge in [-0.1, -0.05) is 29.3 Å². The number of hydrogen-bond donors (Lipinski definition) is 1. The first-order valence-corrected chi connectivity index (χ1v) is 5.15. The average molecular weight is 216 g/mol. The standard InChI is InChI=1S/C10H11Cl2N/c11-9-4-1-6-5-7(13)2-3-8(6)10(9)12/h1,4,7H,2-3,5,13H2/t7-/m0/s1. The molecule has 1 atom stereocenters. The van der Waals surface area contributed by atoms with Crippen LogP contribution in [0.2, 0.25) is 10.0 Å². The summed E-state index contributed by atoms with van der Waals surface area (Å²) in [7, 11) is 0. The van der Waals surface area contributed by atoms with Crippen LogP contribution in [0.5, 0.6) is 0 Å². The first-order chi connectivity index (χ1) is 6.18. The van der Waals surface area contributed by atoms with Crippen LogP contribution in [0.1, 0.15) is 17.5 Å². The maximum atomic E-state index is 6.09. The van der Waals surface area contributed by atoms with Crippen LogP contribution in [0.25, 0.3) is 0 Å². The number of hydrogen-bond acceptors (Lipinski definition) is 1. The van der Waals surface area contributed by atoms with Crippen molar-refractivity contribution in [2.45, 2.75) is 25.3 Å². The minimum Gasteiger partial charge on any atom is -0.327 e. The fraction of sp³-hybridized carbons (Fsp3) is 0.400. The maximum absolute atomic E-state index is 6.09. The Hall–Kier alpha value is -0.240. The van der Waals surface area contributed by atoms with E-state index in [1.807, 2.05) is 12.1 Å². The summed E-state index contributed by atoms with van der Waals surface area (Å²) in [6.45, 7) is 0. The highest BCUT2D eigenvalue weighted by Gasteiger charge is 2.18. The molecule has 2 N–H and O–H groups in total. The normalized spacial score (nSPS) is 21.3. The van der Waals surface area contributed by atoms with E-state index in [1.54, 1.807) is 0 Å². The van der Waals surface area contributed by atoms with Crippen molar-refractivity contribution >= 4 is 23.2 Å². The second kappa shape index (κ2) is 3.49. The third-order valence-electron chi connectivity index (χ3n) is 2.54. The molecule has 0 bridgehead atoms. The number of fused-ring (bicyclic) bond motifs is 1. The summed E-state index contributed by atoms with van der Waals surface area (Å²) < 4.78 is 0. The SMILES string of the molecule is N[C@H]1CCc2c(ccc(Cl)c2Cl)C1. The van der Waals surface area contributed by atoms with Gasteiger partial charge in [-0.25, -0.2) is 0 Å². The highest BCUT2D eigenvalue weighted by molar-refractivity contribution is 6.42. The van der Waals surface area contributed by atoms with E-state index in [2.05, 4.69) is 0 Å². The van der Waals surface area contributed by atoms with Crippen molar-refractivity contribution in [2.24, 2.45) is 5.73 Å². The molecular formula is C10H11Cl2N. The topological polar surface area (TPSA) is 26.0 Å². The zero-order valence-corrected chi connectivity index (χ0v) is 8.70. The molecule has 3 heteroatoms. The molecule has 0 radical (unpaired) electrons. The van der Waals surface area contributed by atoms with Crippen molar-refractivity contribution < 1.29 is 0 Å². The molecule has 1 aliphatic carbocycles. The van der Waals surface area contributed by atoms with Gasteiger partial charge in [-0.2, -0.15) is 0 Å². The van der Waals surface area contributed by atoms with Gasteiger partial charge in [-0.3, -0.25) is 0 Å². The van der Waals surface area contributed by atoms with E-state index in [9.17, 15) is 0 Å². The van der Waals surface area contributed by atoms with Crippen molar-refractivity contribution in [1.29, 1.82) is 0 Å². The summed E-state index contributed by atoms with van der Waals surface area (Å²) in [5.74, 6) is 0. The summed E-state index contributed by atoms with van der Waals surface area (Å²) >= 11 is 12.0. The van der Waals surface area contributed by atoms with E-state index in [4.69, 9.17) is 28.9 Å². The fourth-order valence-electron chi connectivity index (χ4n) is 1.81. The van der Waals surface area contributed by atoms with E-state index >= 15 is 0 Å². The zero-order chi connectivity index (χ0) is 9.42. The molecule has 13 heavy (non-hydrogen) atoms. The smallest absolute Gasteiger partial charge is 0.0627 e. The lowest BCUT2D eigenvalue weighted by Crippen LogP contribution is -2.27. The Bertz CT molecular complexity index is 336. The second-order valence-corrected chi connectivity index (χ2v) is 4.29. The van der Waals surface area contributed by atoms with E-state index in [0.717, 1.165) is 19.3 Å². The summed E-state index contributed by atoms with van der Waals surface area (Å²) in [4.78, 5) is 0. The molecule has 0 unspecified atom stereocenters. The first kappa shape index (κ1) is 9.32. The summed E-state index contributed by atoms with van der Waals surface area (Å²) in [5.41, 5.74) is 8.31. The van der Waals surface area contributed by atoms with Gasteiger partial charge in [0.2, 0.25) is 0 Å². The Morgan fingerprint density at radius 3 is 2.85 bits per heavy atom. The molecule has 1 aromatic rings. The third-order valence-corrected chi connectivity index (χ3v) is 3.38. The van der Waals surface area contributed by atoms with Gasteiger partial charge in [-0.05, 0) is 36.5 Å². The molecule has 1 nitrogen and oxygen atoms in total. The highest BCUT2D eigenvalue weighted by Crippen LogP contribution is 2.32. The molecule has 1 aromatic carbocycles. The van der Waals surface area contributed by atoms with Gasteiger partial charge >= 0.3 is 0 Å². The molecule has 0 saturated carbocycles. The van der Waals surface area contributed by atoms with Crippen LogP contribution in [0, 0.1) is 0 Å². The van der Waals surface area contributed by atoms with Gasteiger partial charge in [0.25, 0.3) is 0 Å². The Labute approximate surface area is 87.8 Å². The van der Waals surface area contributed by atoms with Crippen molar-refractivity contribution in [3.05, 3.63) is 33.3 Å². The monoisotopic (exact) mass is 215 g/mol. The predicted molar refractivity (Wildman–Crippen MR) is 56.5 cm³/mol. The maximum Gasteiger partial charge on any atom is 0.0627 e. The summed E-state index contributed by atoms with van der Waals surface area (Å²) in [6, 6.07) is 4.16. The van der Waals surface area contributed by atoms with E-state index in [0.29, 0.717) is 10.0 Å². The lowest BCUT2D eigenvalue weighted by atomic mass is 9.89. The van der Waals surface area contributed by atoms with Crippen LogP contribution >= 0.6 is 23.2 Å². The van der Waals surface area contributed by atoms with Crippen molar-refractivity contribution in [3.8, 4) is 0 Å². The number of rotatable bonds is 0. The van der Waals surface area contributed by atoms with Crippen LogP contribution in [-0.2, 0) is 12.8 Å². The van der Waals surface area contributed by atoms with Crippen LogP contribution in [-0.4, -0.2) is 6.04 Å². The van der Waals surface area contributed by atoms with Gasteiger partial charge in [-0.15, -0.1) is 0 Å².